The second-order valence-electron chi connectivity index (χ2n) is 14.4. The quantitative estimate of drug-likeness (QED) is 0.171. The molecule has 0 spiro atoms. The van der Waals surface area contributed by atoms with E-state index >= 15 is 0 Å². The van der Waals surface area contributed by atoms with E-state index in [9.17, 15) is 0 Å². The Morgan fingerprint density at radius 2 is 0.667 bits per heavy atom. The third-order valence-corrected chi connectivity index (χ3v) is 11.0. The minimum atomic E-state index is 0.631. The number of hydrogen-bond acceptors (Lipinski definition) is 3. The molecule has 0 aliphatic rings. The van der Waals surface area contributed by atoms with Gasteiger partial charge >= 0.3 is 0 Å². The Morgan fingerprint density at radius 1 is 0.263 bits per heavy atom. The number of hydrogen-bond donors (Lipinski definition) is 0. The lowest BCUT2D eigenvalue weighted by Crippen LogP contribution is -2.00. The van der Waals surface area contributed by atoms with Gasteiger partial charge in [-0.1, -0.05) is 182 Å². The first-order valence-electron chi connectivity index (χ1n) is 19.3. The molecule has 11 aromatic rings. The van der Waals surface area contributed by atoms with Gasteiger partial charge < -0.3 is 4.57 Å². The summed E-state index contributed by atoms with van der Waals surface area (Å²) in [6, 6.07) is 72.9. The number of nitrogens with zero attached hydrogens (tertiary/aromatic N) is 4. The minimum absolute atomic E-state index is 0.631. The van der Waals surface area contributed by atoms with Crippen molar-refractivity contribution in [2.75, 3.05) is 0 Å². The maximum Gasteiger partial charge on any atom is 0.164 e. The van der Waals surface area contributed by atoms with E-state index in [-0.39, 0.29) is 0 Å². The molecule has 0 fully saturated rings. The molecule has 9 aromatic carbocycles. The van der Waals surface area contributed by atoms with Gasteiger partial charge in [0.15, 0.2) is 17.5 Å². The fourth-order valence-corrected chi connectivity index (χ4v) is 8.26. The van der Waals surface area contributed by atoms with Gasteiger partial charge in [0.2, 0.25) is 0 Å². The Bertz CT molecular complexity index is 3180. The monoisotopic (exact) mass is 726 g/mol. The highest BCUT2D eigenvalue weighted by Crippen LogP contribution is 2.40. The predicted molar refractivity (Wildman–Crippen MR) is 236 cm³/mol. The fraction of sp³-hybridized carbons (Fsp3) is 0. The molecule has 2 aromatic heterocycles. The zero-order chi connectivity index (χ0) is 37.7. The van der Waals surface area contributed by atoms with Gasteiger partial charge in [-0.2, -0.15) is 0 Å². The van der Waals surface area contributed by atoms with Crippen molar-refractivity contribution < 1.29 is 0 Å². The molecular weight excluding hydrogens is 693 g/mol. The van der Waals surface area contributed by atoms with Crippen molar-refractivity contribution >= 4 is 43.4 Å². The van der Waals surface area contributed by atoms with Crippen molar-refractivity contribution in [3.05, 3.63) is 206 Å². The smallest absolute Gasteiger partial charge is 0.164 e. The van der Waals surface area contributed by atoms with E-state index in [1.54, 1.807) is 0 Å². The van der Waals surface area contributed by atoms with Gasteiger partial charge in [-0.3, -0.25) is 0 Å². The largest absolute Gasteiger partial charge is 0.308 e. The molecule has 0 saturated heterocycles. The fourth-order valence-electron chi connectivity index (χ4n) is 8.26. The first-order valence-corrected chi connectivity index (χ1v) is 19.3. The second kappa shape index (κ2) is 13.6. The van der Waals surface area contributed by atoms with E-state index in [1.807, 2.05) is 36.4 Å². The summed E-state index contributed by atoms with van der Waals surface area (Å²) in [6.45, 7) is 0. The highest BCUT2D eigenvalue weighted by atomic mass is 15.0. The van der Waals surface area contributed by atoms with Crippen LogP contribution in [0.15, 0.2) is 206 Å². The lowest BCUT2D eigenvalue weighted by Gasteiger charge is -2.13. The van der Waals surface area contributed by atoms with Crippen molar-refractivity contribution in [3.8, 4) is 62.1 Å². The molecule has 0 unspecified atom stereocenters. The van der Waals surface area contributed by atoms with Crippen LogP contribution >= 0.6 is 0 Å². The van der Waals surface area contributed by atoms with Gasteiger partial charge in [0.25, 0.3) is 0 Å². The van der Waals surface area contributed by atoms with E-state index in [4.69, 9.17) is 15.0 Å². The molecule has 266 valence electrons. The second-order valence-corrected chi connectivity index (χ2v) is 14.4. The summed E-state index contributed by atoms with van der Waals surface area (Å²) in [6.07, 6.45) is 0. The van der Waals surface area contributed by atoms with Gasteiger partial charge in [0, 0.05) is 43.9 Å². The standard InChI is InChI=1S/C53H34N4/c1-3-13-35(14-4-1)40-19-11-21-42(33-40)52-54-51(39-17-5-2-6-18-39)55-53(56-52)43-22-12-20-41(34-43)36-25-29-44(30-26-36)57-49-45-23-9-7-15-37(45)27-31-47(49)48-32-28-38-16-8-10-24-46(38)50(48)57/h1-34H. The lowest BCUT2D eigenvalue weighted by atomic mass is 10.0. The molecule has 2 heterocycles. The number of benzene rings is 9. The van der Waals surface area contributed by atoms with Crippen LogP contribution in [0.4, 0.5) is 0 Å². The number of aromatic nitrogens is 4. The van der Waals surface area contributed by atoms with Crippen molar-refractivity contribution in [2.24, 2.45) is 0 Å². The Hall–Kier alpha value is -7.69. The van der Waals surface area contributed by atoms with Crippen LogP contribution in [-0.2, 0) is 0 Å². The van der Waals surface area contributed by atoms with Crippen molar-refractivity contribution in [2.45, 2.75) is 0 Å². The molecular formula is C53H34N4. The van der Waals surface area contributed by atoms with Crippen LogP contribution in [0, 0.1) is 0 Å². The van der Waals surface area contributed by atoms with Gasteiger partial charge in [-0.25, -0.2) is 15.0 Å². The first kappa shape index (κ1) is 32.7. The molecule has 0 amide bonds. The lowest BCUT2D eigenvalue weighted by molar-refractivity contribution is 1.07. The maximum absolute atomic E-state index is 5.10. The summed E-state index contributed by atoms with van der Waals surface area (Å²) < 4.78 is 2.46. The van der Waals surface area contributed by atoms with Gasteiger partial charge in [-0.15, -0.1) is 0 Å². The minimum Gasteiger partial charge on any atom is -0.308 e. The SMILES string of the molecule is c1ccc(-c2cccc(-c3nc(-c4ccccc4)nc(-c4cccc(-c5ccc(-n6c7c8ccccc8ccc7c7ccc8ccccc8c76)cc5)c4)n3)c2)cc1. The van der Waals surface area contributed by atoms with Crippen molar-refractivity contribution in [3.63, 3.8) is 0 Å². The molecule has 0 N–H and O–H groups in total. The molecule has 0 saturated carbocycles. The van der Waals surface area contributed by atoms with Gasteiger partial charge in [0.05, 0.1) is 11.0 Å². The van der Waals surface area contributed by atoms with Gasteiger partial charge in [0.1, 0.15) is 0 Å². The van der Waals surface area contributed by atoms with Crippen LogP contribution in [0.2, 0.25) is 0 Å². The zero-order valence-corrected chi connectivity index (χ0v) is 30.9. The predicted octanol–water partition coefficient (Wildman–Crippen LogP) is 13.6. The molecule has 0 radical (unpaired) electrons. The highest BCUT2D eigenvalue weighted by molar-refractivity contribution is 6.23. The van der Waals surface area contributed by atoms with Crippen LogP contribution in [0.25, 0.3) is 105 Å². The topological polar surface area (TPSA) is 43.6 Å². The molecule has 4 heteroatoms. The summed E-state index contributed by atoms with van der Waals surface area (Å²) >= 11 is 0. The Kier molecular flexibility index (Phi) is 7.78. The Balaban J connectivity index is 1.03. The molecule has 0 aliphatic heterocycles. The molecule has 0 bridgehead atoms. The van der Waals surface area contributed by atoms with Crippen LogP contribution < -0.4 is 0 Å². The third-order valence-electron chi connectivity index (χ3n) is 11.0. The van der Waals surface area contributed by atoms with E-state index in [1.165, 1.54) is 43.4 Å². The van der Waals surface area contributed by atoms with Crippen molar-refractivity contribution in [1.29, 1.82) is 0 Å². The number of rotatable bonds is 6. The summed E-state index contributed by atoms with van der Waals surface area (Å²) in [7, 11) is 0. The van der Waals surface area contributed by atoms with Crippen LogP contribution in [0.5, 0.6) is 0 Å². The average Bonchev–Trinajstić information content (AvgIpc) is 3.65. The summed E-state index contributed by atoms with van der Waals surface area (Å²) in [4.78, 5) is 15.1. The molecule has 57 heavy (non-hydrogen) atoms. The Labute approximate surface area is 330 Å². The van der Waals surface area contributed by atoms with E-state index in [2.05, 4.69) is 174 Å². The summed E-state index contributed by atoms with van der Waals surface area (Å²) in [5, 5.41) is 7.45. The highest BCUT2D eigenvalue weighted by Gasteiger charge is 2.18. The average molecular weight is 727 g/mol. The molecule has 11 rings (SSSR count). The molecule has 0 atom stereocenters. The van der Waals surface area contributed by atoms with Crippen LogP contribution in [-0.4, -0.2) is 19.5 Å². The van der Waals surface area contributed by atoms with E-state index in [0.717, 1.165) is 44.6 Å². The van der Waals surface area contributed by atoms with Crippen LogP contribution in [0.3, 0.4) is 0 Å². The summed E-state index contributed by atoms with van der Waals surface area (Å²) in [5.74, 6) is 1.91. The van der Waals surface area contributed by atoms with Crippen molar-refractivity contribution in [1.82, 2.24) is 19.5 Å². The normalized spacial score (nSPS) is 11.5. The molecule has 0 aliphatic carbocycles. The third kappa shape index (κ3) is 5.74. The Morgan fingerprint density at radius 3 is 1.19 bits per heavy atom. The van der Waals surface area contributed by atoms with E-state index in [0.29, 0.717) is 17.5 Å². The molecule has 4 nitrogen and oxygen atoms in total. The summed E-state index contributed by atoms with van der Waals surface area (Å²) in [5.41, 5.74) is 10.8. The van der Waals surface area contributed by atoms with E-state index < -0.39 is 0 Å². The number of fused-ring (bicyclic) bond motifs is 7. The maximum atomic E-state index is 5.10. The van der Waals surface area contributed by atoms with Gasteiger partial charge in [-0.05, 0) is 57.3 Å². The van der Waals surface area contributed by atoms with Crippen LogP contribution in [0.1, 0.15) is 0 Å². The first-order chi connectivity index (χ1) is 28.2. The zero-order valence-electron chi connectivity index (χ0n) is 30.9.